The Hall–Kier alpha value is -1.63. The first-order chi connectivity index (χ1) is 8.40. The number of esters is 1. The predicted molar refractivity (Wildman–Crippen MR) is 63.7 cm³/mol. The molecule has 0 radical (unpaired) electrons. The lowest BCUT2D eigenvalue weighted by Gasteiger charge is -2.15. The van der Waals surface area contributed by atoms with Gasteiger partial charge in [0.05, 0.1) is 7.11 Å². The highest BCUT2D eigenvalue weighted by molar-refractivity contribution is 5.84. The van der Waals surface area contributed by atoms with Crippen LogP contribution in [0.4, 0.5) is 0 Å². The first-order valence-electron chi connectivity index (χ1n) is 5.75. The average molecular weight is 260 g/mol. The number of carboxylic acids is 1. The summed E-state index contributed by atoms with van der Waals surface area (Å²) in [5, 5.41) is 11.2. The Morgan fingerprint density at radius 1 is 1.39 bits per heavy atom. The summed E-state index contributed by atoms with van der Waals surface area (Å²) in [7, 11) is 1.22. The summed E-state index contributed by atoms with van der Waals surface area (Å²) in [6.45, 7) is 1.84. The molecule has 1 unspecified atom stereocenters. The highest BCUT2D eigenvalue weighted by Crippen LogP contribution is 2.01. The number of carbonyl (C=O) groups excluding carboxylic acids is 2. The van der Waals surface area contributed by atoms with E-state index in [0.29, 0.717) is 6.42 Å². The Labute approximate surface area is 106 Å². The van der Waals surface area contributed by atoms with Gasteiger partial charge in [0, 0.05) is 18.9 Å². The van der Waals surface area contributed by atoms with Crippen LogP contribution in [0.25, 0.3) is 0 Å². The molecule has 7 nitrogen and oxygen atoms in total. The maximum atomic E-state index is 11.5. The Morgan fingerprint density at radius 2 is 2.00 bits per heavy atom. The van der Waals surface area contributed by atoms with Gasteiger partial charge in [-0.2, -0.15) is 0 Å². The van der Waals surface area contributed by atoms with Crippen LogP contribution in [0.2, 0.25) is 0 Å². The van der Waals surface area contributed by atoms with Gasteiger partial charge in [-0.15, -0.1) is 0 Å². The third kappa shape index (κ3) is 6.85. The molecule has 7 heteroatoms. The quantitative estimate of drug-likeness (QED) is 0.513. The van der Waals surface area contributed by atoms with E-state index in [-0.39, 0.29) is 25.3 Å². The van der Waals surface area contributed by atoms with Crippen molar-refractivity contribution in [2.75, 3.05) is 7.11 Å². The van der Waals surface area contributed by atoms with E-state index in [1.165, 1.54) is 7.11 Å². The second-order valence-corrected chi connectivity index (χ2v) is 3.95. The molecule has 0 aromatic carbocycles. The van der Waals surface area contributed by atoms with Crippen molar-refractivity contribution >= 4 is 17.8 Å². The Morgan fingerprint density at radius 3 is 2.44 bits per heavy atom. The molecule has 0 bridgehead atoms. The monoisotopic (exact) mass is 260 g/mol. The van der Waals surface area contributed by atoms with Crippen molar-refractivity contribution in [1.82, 2.24) is 5.32 Å². The molecular weight excluding hydrogens is 240 g/mol. The van der Waals surface area contributed by atoms with Crippen molar-refractivity contribution in [2.45, 2.75) is 44.7 Å². The molecule has 0 saturated heterocycles. The molecule has 0 aromatic heterocycles. The molecule has 0 heterocycles. The predicted octanol–water partition coefficient (Wildman–Crippen LogP) is -0.364. The minimum Gasteiger partial charge on any atom is -0.480 e. The van der Waals surface area contributed by atoms with Crippen LogP contribution in [0.15, 0.2) is 0 Å². The van der Waals surface area contributed by atoms with Crippen LogP contribution in [-0.4, -0.2) is 42.1 Å². The number of hydrogen-bond acceptors (Lipinski definition) is 5. The summed E-state index contributed by atoms with van der Waals surface area (Å²) < 4.78 is 4.40. The van der Waals surface area contributed by atoms with Gasteiger partial charge in [0.2, 0.25) is 5.91 Å². The van der Waals surface area contributed by atoms with Gasteiger partial charge < -0.3 is 20.9 Å². The minimum atomic E-state index is -1.18. The van der Waals surface area contributed by atoms with Gasteiger partial charge in [0.1, 0.15) is 6.04 Å². The van der Waals surface area contributed by atoms with Gasteiger partial charge in [-0.3, -0.25) is 9.59 Å². The Kier molecular flexibility index (Phi) is 7.69. The highest BCUT2D eigenvalue weighted by Gasteiger charge is 2.21. The van der Waals surface area contributed by atoms with Gasteiger partial charge in [-0.25, -0.2) is 4.79 Å². The summed E-state index contributed by atoms with van der Waals surface area (Å²) in [5.41, 5.74) is 5.59. The lowest BCUT2D eigenvalue weighted by Crippen LogP contribution is -2.43. The molecule has 0 aliphatic carbocycles. The molecule has 0 fully saturated rings. The van der Waals surface area contributed by atoms with Crippen molar-refractivity contribution in [3.63, 3.8) is 0 Å². The highest BCUT2D eigenvalue weighted by atomic mass is 16.5. The number of nitrogens with two attached hydrogens (primary N) is 1. The SMILES string of the molecule is CCC(N)CC(=O)N[C@H](CCC(=O)OC)C(=O)O. The lowest BCUT2D eigenvalue weighted by atomic mass is 10.1. The first-order valence-corrected chi connectivity index (χ1v) is 5.75. The van der Waals surface area contributed by atoms with Crippen LogP contribution < -0.4 is 11.1 Å². The van der Waals surface area contributed by atoms with Crippen molar-refractivity contribution in [2.24, 2.45) is 5.73 Å². The Balaban J connectivity index is 4.23. The molecule has 104 valence electrons. The van der Waals surface area contributed by atoms with Crippen LogP contribution >= 0.6 is 0 Å². The van der Waals surface area contributed by atoms with E-state index in [9.17, 15) is 14.4 Å². The largest absolute Gasteiger partial charge is 0.480 e. The molecule has 0 spiro atoms. The summed E-state index contributed by atoms with van der Waals surface area (Å²) in [6.07, 6.45) is 0.633. The van der Waals surface area contributed by atoms with E-state index < -0.39 is 23.9 Å². The van der Waals surface area contributed by atoms with Crippen molar-refractivity contribution in [3.8, 4) is 0 Å². The first kappa shape index (κ1) is 16.4. The number of aliphatic carboxylic acids is 1. The second kappa shape index (κ2) is 8.46. The third-order valence-electron chi connectivity index (χ3n) is 2.47. The second-order valence-electron chi connectivity index (χ2n) is 3.95. The van der Waals surface area contributed by atoms with Gasteiger partial charge in [-0.05, 0) is 12.8 Å². The van der Waals surface area contributed by atoms with Crippen LogP contribution in [0, 0.1) is 0 Å². The van der Waals surface area contributed by atoms with Crippen LogP contribution in [0.1, 0.15) is 32.6 Å². The number of ether oxygens (including phenoxy) is 1. The van der Waals surface area contributed by atoms with Crippen molar-refractivity contribution < 1.29 is 24.2 Å². The summed E-state index contributed by atoms with van der Waals surface area (Å²) in [6, 6.07) is -1.39. The van der Waals surface area contributed by atoms with Gasteiger partial charge in [0.25, 0.3) is 0 Å². The van der Waals surface area contributed by atoms with Gasteiger partial charge >= 0.3 is 11.9 Å². The third-order valence-corrected chi connectivity index (χ3v) is 2.47. The number of carbonyl (C=O) groups is 3. The standard InChI is InChI=1S/C11H20N2O5/c1-3-7(12)6-9(14)13-8(11(16)17)4-5-10(15)18-2/h7-8H,3-6,12H2,1-2H3,(H,13,14)(H,16,17)/t7?,8-/m1/s1. The molecule has 1 amide bonds. The zero-order chi connectivity index (χ0) is 14.1. The summed E-state index contributed by atoms with van der Waals surface area (Å²) in [5.74, 6) is -2.13. The normalized spacial score (nSPS) is 13.5. The number of methoxy groups -OCH3 is 1. The van der Waals surface area contributed by atoms with E-state index in [1.54, 1.807) is 0 Å². The molecule has 0 rings (SSSR count). The molecule has 0 saturated carbocycles. The fraction of sp³-hybridized carbons (Fsp3) is 0.727. The minimum absolute atomic E-state index is 0.00485. The van der Waals surface area contributed by atoms with Crippen LogP contribution in [0.5, 0.6) is 0 Å². The van der Waals surface area contributed by atoms with E-state index in [0.717, 1.165) is 0 Å². The number of rotatable bonds is 8. The average Bonchev–Trinajstić information content (AvgIpc) is 2.33. The maximum Gasteiger partial charge on any atom is 0.326 e. The molecule has 0 aliphatic heterocycles. The molecular formula is C11H20N2O5. The molecule has 0 aromatic rings. The summed E-state index contributed by atoms with van der Waals surface area (Å²) in [4.78, 5) is 33.3. The maximum absolute atomic E-state index is 11.5. The number of hydrogen-bond donors (Lipinski definition) is 3. The number of amides is 1. The zero-order valence-electron chi connectivity index (χ0n) is 10.6. The van der Waals surface area contributed by atoms with Crippen LogP contribution in [-0.2, 0) is 19.1 Å². The molecule has 4 N–H and O–H groups in total. The fourth-order valence-electron chi connectivity index (χ4n) is 1.26. The van der Waals surface area contributed by atoms with Gasteiger partial charge in [0.15, 0.2) is 0 Å². The molecule has 18 heavy (non-hydrogen) atoms. The lowest BCUT2D eigenvalue weighted by molar-refractivity contribution is -0.144. The zero-order valence-corrected chi connectivity index (χ0v) is 10.6. The number of nitrogens with one attached hydrogen (secondary N) is 1. The smallest absolute Gasteiger partial charge is 0.326 e. The Bertz CT molecular complexity index is 306. The molecule has 2 atom stereocenters. The number of carboxylic acid groups (broad SMARTS) is 1. The van der Waals surface area contributed by atoms with E-state index in [2.05, 4.69) is 10.1 Å². The van der Waals surface area contributed by atoms with E-state index in [4.69, 9.17) is 10.8 Å². The van der Waals surface area contributed by atoms with Crippen LogP contribution in [0.3, 0.4) is 0 Å². The van der Waals surface area contributed by atoms with Crippen molar-refractivity contribution in [1.29, 1.82) is 0 Å². The van der Waals surface area contributed by atoms with E-state index >= 15 is 0 Å². The summed E-state index contributed by atoms with van der Waals surface area (Å²) >= 11 is 0. The molecule has 0 aliphatic rings. The topological polar surface area (TPSA) is 119 Å². The fourth-order valence-corrected chi connectivity index (χ4v) is 1.26. The van der Waals surface area contributed by atoms with E-state index in [1.807, 2.05) is 6.92 Å². The van der Waals surface area contributed by atoms with Gasteiger partial charge in [-0.1, -0.05) is 6.92 Å². The van der Waals surface area contributed by atoms with Crippen molar-refractivity contribution in [3.05, 3.63) is 0 Å².